The zero-order valence-corrected chi connectivity index (χ0v) is 16.3. The summed E-state index contributed by atoms with van der Waals surface area (Å²) >= 11 is 0. The third-order valence-corrected chi connectivity index (χ3v) is 5.56. The maximum atomic E-state index is 5.73. The van der Waals surface area contributed by atoms with E-state index in [-0.39, 0.29) is 0 Å². The van der Waals surface area contributed by atoms with Crippen LogP contribution in [0, 0.1) is 5.92 Å². The van der Waals surface area contributed by atoms with Crippen LogP contribution in [0.25, 0.3) is 11.3 Å². The fourth-order valence-corrected chi connectivity index (χ4v) is 3.93. The quantitative estimate of drug-likeness (QED) is 0.516. The van der Waals surface area contributed by atoms with E-state index in [2.05, 4.69) is 48.3 Å². The molecule has 140 valence electrons. The average molecular weight is 353 g/mol. The van der Waals surface area contributed by atoms with Crippen LogP contribution in [0.2, 0.25) is 0 Å². The van der Waals surface area contributed by atoms with Gasteiger partial charge in [0, 0.05) is 11.5 Å². The fraction of sp³-hybridized carbons (Fsp3) is 0.565. The van der Waals surface area contributed by atoms with Crippen molar-refractivity contribution in [3.8, 4) is 17.0 Å². The first-order valence-corrected chi connectivity index (χ1v) is 10.4. The molecule has 0 aliphatic heterocycles. The first kappa shape index (κ1) is 18.9. The minimum Gasteiger partial charge on any atom is -0.494 e. The molecule has 1 aliphatic carbocycles. The lowest BCUT2D eigenvalue weighted by Gasteiger charge is -2.27. The molecular weight excluding hydrogens is 320 g/mol. The normalized spacial score (nSPS) is 20.1. The highest BCUT2D eigenvalue weighted by molar-refractivity contribution is 5.59. The third kappa shape index (κ3) is 5.06. The molecule has 0 atom stereocenters. The van der Waals surface area contributed by atoms with Crippen molar-refractivity contribution >= 4 is 0 Å². The van der Waals surface area contributed by atoms with E-state index in [4.69, 9.17) is 4.74 Å². The molecule has 0 unspecified atom stereocenters. The molecule has 1 heterocycles. The van der Waals surface area contributed by atoms with E-state index >= 15 is 0 Å². The molecule has 1 aromatic carbocycles. The zero-order chi connectivity index (χ0) is 18.2. The Balaban J connectivity index is 1.57. The summed E-state index contributed by atoms with van der Waals surface area (Å²) < 4.78 is 5.73. The second-order valence-corrected chi connectivity index (χ2v) is 7.58. The van der Waals surface area contributed by atoms with Gasteiger partial charge in [0.25, 0.3) is 0 Å². The van der Waals surface area contributed by atoms with Crippen molar-refractivity contribution in [1.82, 2.24) is 10.2 Å². The van der Waals surface area contributed by atoms with Crippen LogP contribution < -0.4 is 4.74 Å². The lowest BCUT2D eigenvalue weighted by molar-refractivity contribution is 0.304. The van der Waals surface area contributed by atoms with E-state index in [0.717, 1.165) is 42.4 Å². The lowest BCUT2D eigenvalue weighted by atomic mass is 9.79. The number of unbranched alkanes of at least 4 members (excludes halogenated alkanes) is 1. The SMILES string of the molecule is CCCCOc1ccc(-c2ccc([C@H]3CC[C@H](CCC)CC3)nn2)cc1. The van der Waals surface area contributed by atoms with Gasteiger partial charge in [0.1, 0.15) is 5.75 Å². The van der Waals surface area contributed by atoms with Crippen LogP contribution in [-0.2, 0) is 0 Å². The molecule has 3 rings (SSSR count). The molecule has 1 aromatic heterocycles. The Labute approximate surface area is 158 Å². The Morgan fingerprint density at radius 2 is 1.65 bits per heavy atom. The predicted molar refractivity (Wildman–Crippen MR) is 107 cm³/mol. The first-order valence-electron chi connectivity index (χ1n) is 10.4. The van der Waals surface area contributed by atoms with Gasteiger partial charge in [0.05, 0.1) is 18.0 Å². The maximum Gasteiger partial charge on any atom is 0.119 e. The standard InChI is InChI=1S/C23H32N2O/c1-3-5-17-26-21-13-11-20(12-14-21)23-16-15-22(24-25-23)19-9-7-18(6-4-2)8-10-19/h11-16,18-19H,3-10,17H2,1-2H3/t18-,19-. The molecular formula is C23H32N2O. The van der Waals surface area contributed by atoms with Gasteiger partial charge in [-0.25, -0.2) is 0 Å². The van der Waals surface area contributed by atoms with Crippen LogP contribution in [0.15, 0.2) is 36.4 Å². The molecule has 3 heteroatoms. The van der Waals surface area contributed by atoms with Crippen molar-refractivity contribution < 1.29 is 4.74 Å². The second-order valence-electron chi connectivity index (χ2n) is 7.58. The highest BCUT2D eigenvalue weighted by atomic mass is 16.5. The maximum absolute atomic E-state index is 5.73. The summed E-state index contributed by atoms with van der Waals surface area (Å²) in [5.41, 5.74) is 3.20. The van der Waals surface area contributed by atoms with Gasteiger partial charge in [-0.05, 0) is 74.4 Å². The molecule has 0 N–H and O–H groups in total. The number of rotatable bonds is 8. The van der Waals surface area contributed by atoms with Crippen molar-refractivity contribution in [2.24, 2.45) is 5.92 Å². The minimum absolute atomic E-state index is 0.596. The molecule has 0 amide bonds. The van der Waals surface area contributed by atoms with Gasteiger partial charge in [0.2, 0.25) is 0 Å². The summed E-state index contributed by atoms with van der Waals surface area (Å²) in [6, 6.07) is 12.5. The summed E-state index contributed by atoms with van der Waals surface area (Å²) in [5, 5.41) is 9.05. The van der Waals surface area contributed by atoms with Crippen LogP contribution in [0.3, 0.4) is 0 Å². The first-order chi connectivity index (χ1) is 12.8. The van der Waals surface area contributed by atoms with Crippen LogP contribution in [-0.4, -0.2) is 16.8 Å². The van der Waals surface area contributed by atoms with E-state index in [1.165, 1.54) is 44.2 Å². The Morgan fingerprint density at radius 3 is 2.27 bits per heavy atom. The van der Waals surface area contributed by atoms with Crippen LogP contribution in [0.4, 0.5) is 0 Å². The number of benzene rings is 1. The van der Waals surface area contributed by atoms with Crippen molar-refractivity contribution in [3.63, 3.8) is 0 Å². The molecule has 26 heavy (non-hydrogen) atoms. The number of nitrogens with zero attached hydrogens (tertiary/aromatic N) is 2. The van der Waals surface area contributed by atoms with Gasteiger partial charge in [-0.2, -0.15) is 10.2 Å². The molecule has 0 radical (unpaired) electrons. The molecule has 0 spiro atoms. The lowest BCUT2D eigenvalue weighted by Crippen LogP contribution is -2.14. The van der Waals surface area contributed by atoms with E-state index in [0.29, 0.717) is 5.92 Å². The second kappa shape index (κ2) is 9.70. The zero-order valence-electron chi connectivity index (χ0n) is 16.3. The number of ether oxygens (including phenoxy) is 1. The van der Waals surface area contributed by atoms with Gasteiger partial charge >= 0.3 is 0 Å². The fourth-order valence-electron chi connectivity index (χ4n) is 3.93. The van der Waals surface area contributed by atoms with Gasteiger partial charge in [-0.15, -0.1) is 0 Å². The van der Waals surface area contributed by atoms with E-state index in [1.807, 2.05) is 12.1 Å². The highest BCUT2D eigenvalue weighted by Crippen LogP contribution is 2.36. The van der Waals surface area contributed by atoms with Crippen molar-refractivity contribution in [2.45, 2.75) is 71.1 Å². The molecule has 2 aromatic rings. The largest absolute Gasteiger partial charge is 0.494 e. The van der Waals surface area contributed by atoms with Gasteiger partial charge < -0.3 is 4.74 Å². The van der Waals surface area contributed by atoms with Gasteiger partial charge in [-0.1, -0.05) is 33.1 Å². The van der Waals surface area contributed by atoms with Crippen molar-refractivity contribution in [2.75, 3.05) is 6.61 Å². The number of hydrogen-bond acceptors (Lipinski definition) is 3. The smallest absolute Gasteiger partial charge is 0.119 e. The Bertz CT molecular complexity index is 643. The number of hydrogen-bond donors (Lipinski definition) is 0. The Kier molecular flexibility index (Phi) is 7.04. The monoisotopic (exact) mass is 352 g/mol. The topological polar surface area (TPSA) is 35.0 Å². The minimum atomic E-state index is 0.596. The summed E-state index contributed by atoms with van der Waals surface area (Å²) in [5.74, 6) is 2.45. The third-order valence-electron chi connectivity index (χ3n) is 5.56. The van der Waals surface area contributed by atoms with Crippen molar-refractivity contribution in [1.29, 1.82) is 0 Å². The molecule has 1 fully saturated rings. The summed E-state index contributed by atoms with van der Waals surface area (Å²) in [4.78, 5) is 0. The predicted octanol–water partition coefficient (Wildman–Crippen LogP) is 6.40. The Morgan fingerprint density at radius 1 is 0.885 bits per heavy atom. The highest BCUT2D eigenvalue weighted by Gasteiger charge is 2.23. The average Bonchev–Trinajstić information content (AvgIpc) is 2.70. The van der Waals surface area contributed by atoms with Gasteiger partial charge in [0.15, 0.2) is 0 Å². The van der Waals surface area contributed by atoms with Crippen LogP contribution in [0.5, 0.6) is 5.75 Å². The van der Waals surface area contributed by atoms with E-state index in [1.54, 1.807) is 0 Å². The van der Waals surface area contributed by atoms with E-state index < -0.39 is 0 Å². The summed E-state index contributed by atoms with van der Waals surface area (Å²) in [6.45, 7) is 5.25. The Hall–Kier alpha value is -1.90. The molecule has 0 bridgehead atoms. The molecule has 0 saturated heterocycles. The van der Waals surface area contributed by atoms with Gasteiger partial charge in [-0.3, -0.25) is 0 Å². The summed E-state index contributed by atoms with van der Waals surface area (Å²) in [7, 11) is 0. The van der Waals surface area contributed by atoms with Crippen LogP contribution in [0.1, 0.15) is 76.8 Å². The van der Waals surface area contributed by atoms with Crippen LogP contribution >= 0.6 is 0 Å². The molecule has 1 aliphatic rings. The van der Waals surface area contributed by atoms with Crippen molar-refractivity contribution in [3.05, 3.63) is 42.1 Å². The van der Waals surface area contributed by atoms with E-state index in [9.17, 15) is 0 Å². The molecule has 1 saturated carbocycles. The summed E-state index contributed by atoms with van der Waals surface area (Å²) in [6.07, 6.45) is 10.2. The molecule has 3 nitrogen and oxygen atoms in total. The number of aromatic nitrogens is 2.